The number of aromatic hydroxyl groups is 1. The second-order valence-corrected chi connectivity index (χ2v) is 12.0. The molecule has 0 aliphatic heterocycles. The fraction of sp³-hybridized carbons (Fsp3) is 0.382. The highest BCUT2D eigenvalue weighted by atomic mass is 16.6. The number of aryl methyl sites for hydroxylation is 3. The molecule has 0 aliphatic carbocycles. The van der Waals surface area contributed by atoms with Crippen molar-refractivity contribution in [2.45, 2.75) is 85.5 Å². The molecule has 0 fully saturated rings. The van der Waals surface area contributed by atoms with E-state index in [1.165, 1.54) is 17.0 Å². The summed E-state index contributed by atoms with van der Waals surface area (Å²) in [5, 5.41) is 15.6. The van der Waals surface area contributed by atoms with Crippen LogP contribution in [-0.2, 0) is 20.7 Å². The molecule has 8 nitrogen and oxygen atoms in total. The number of amides is 3. The van der Waals surface area contributed by atoms with Crippen molar-refractivity contribution in [1.29, 1.82) is 0 Å². The lowest BCUT2D eigenvalue weighted by atomic mass is 9.94. The Labute approximate surface area is 249 Å². The molecule has 3 aromatic carbocycles. The van der Waals surface area contributed by atoms with Gasteiger partial charge in [-0.15, -0.1) is 0 Å². The number of carbonyl (C=O) groups is 3. The Morgan fingerprint density at radius 3 is 2.12 bits per heavy atom. The van der Waals surface area contributed by atoms with Crippen molar-refractivity contribution in [3.63, 3.8) is 0 Å². The molecule has 2 unspecified atom stereocenters. The quantitative estimate of drug-likeness (QED) is 0.276. The van der Waals surface area contributed by atoms with Crippen LogP contribution in [0.3, 0.4) is 0 Å². The average molecular weight is 574 g/mol. The first-order chi connectivity index (χ1) is 19.7. The van der Waals surface area contributed by atoms with E-state index in [2.05, 4.69) is 10.6 Å². The van der Waals surface area contributed by atoms with E-state index in [1.54, 1.807) is 32.9 Å². The molecule has 0 spiro atoms. The highest BCUT2D eigenvalue weighted by molar-refractivity contribution is 5.99. The number of phenolic OH excluding ortho intramolecular Hbond substituents is 1. The molecular formula is C34H43N3O5. The fourth-order valence-electron chi connectivity index (χ4n) is 4.84. The van der Waals surface area contributed by atoms with Crippen LogP contribution in [0.5, 0.6) is 5.75 Å². The Balaban J connectivity index is 2.10. The number of anilines is 1. The second kappa shape index (κ2) is 13.6. The van der Waals surface area contributed by atoms with E-state index in [1.807, 2.05) is 77.1 Å². The zero-order valence-electron chi connectivity index (χ0n) is 25.8. The van der Waals surface area contributed by atoms with Crippen molar-refractivity contribution in [2.24, 2.45) is 0 Å². The minimum atomic E-state index is -1.05. The van der Waals surface area contributed by atoms with Gasteiger partial charge in [0.05, 0.1) is 0 Å². The Hall–Kier alpha value is -4.33. The number of carbonyl (C=O) groups excluding carboxylic acids is 3. The van der Waals surface area contributed by atoms with Crippen LogP contribution in [0.4, 0.5) is 10.5 Å². The average Bonchev–Trinajstić information content (AvgIpc) is 2.88. The van der Waals surface area contributed by atoms with E-state index in [0.717, 1.165) is 22.3 Å². The normalized spacial score (nSPS) is 12.8. The summed E-state index contributed by atoms with van der Waals surface area (Å²) in [5.74, 6) is -0.707. The Morgan fingerprint density at radius 2 is 1.55 bits per heavy atom. The van der Waals surface area contributed by atoms with Crippen LogP contribution in [0, 0.1) is 20.8 Å². The number of rotatable bonds is 9. The molecule has 3 aromatic rings. The minimum absolute atomic E-state index is 0.0910. The molecule has 0 saturated heterocycles. The maximum Gasteiger partial charge on any atom is 0.408 e. The van der Waals surface area contributed by atoms with Gasteiger partial charge in [0.25, 0.3) is 5.91 Å². The van der Waals surface area contributed by atoms with Gasteiger partial charge in [0.1, 0.15) is 23.4 Å². The summed E-state index contributed by atoms with van der Waals surface area (Å²) in [6.45, 7) is 14.7. The Kier molecular flexibility index (Phi) is 10.4. The predicted octanol–water partition coefficient (Wildman–Crippen LogP) is 6.37. The van der Waals surface area contributed by atoms with Crippen LogP contribution in [0.1, 0.15) is 68.5 Å². The van der Waals surface area contributed by atoms with Gasteiger partial charge in [-0.05, 0) is 95.8 Å². The Morgan fingerprint density at radius 1 is 0.905 bits per heavy atom. The van der Waals surface area contributed by atoms with Gasteiger partial charge in [0.15, 0.2) is 0 Å². The lowest BCUT2D eigenvalue weighted by molar-refractivity contribution is -0.142. The lowest BCUT2D eigenvalue weighted by Gasteiger charge is -2.38. The number of hydrogen-bond acceptors (Lipinski definition) is 5. The van der Waals surface area contributed by atoms with Gasteiger partial charge in [0, 0.05) is 18.2 Å². The van der Waals surface area contributed by atoms with Crippen molar-refractivity contribution in [3.8, 4) is 5.75 Å². The summed E-state index contributed by atoms with van der Waals surface area (Å²) in [6.07, 6.45) is -0.614. The number of nitrogens with zero attached hydrogens (tertiary/aromatic N) is 1. The van der Waals surface area contributed by atoms with Gasteiger partial charge in [0.2, 0.25) is 5.91 Å². The molecular weight excluding hydrogens is 530 g/mol. The molecule has 0 aromatic heterocycles. The molecule has 0 saturated carbocycles. The van der Waals surface area contributed by atoms with Gasteiger partial charge >= 0.3 is 6.09 Å². The zero-order valence-corrected chi connectivity index (χ0v) is 25.8. The minimum Gasteiger partial charge on any atom is -0.508 e. The van der Waals surface area contributed by atoms with Crippen molar-refractivity contribution in [3.05, 3.63) is 94.5 Å². The molecule has 0 bridgehead atoms. The van der Waals surface area contributed by atoms with Gasteiger partial charge in [-0.1, -0.05) is 54.1 Å². The van der Waals surface area contributed by atoms with Crippen molar-refractivity contribution in [2.75, 3.05) is 5.32 Å². The molecule has 3 rings (SSSR count). The van der Waals surface area contributed by atoms with Crippen LogP contribution >= 0.6 is 0 Å². The third kappa shape index (κ3) is 8.59. The van der Waals surface area contributed by atoms with Gasteiger partial charge in [-0.2, -0.15) is 0 Å². The summed E-state index contributed by atoms with van der Waals surface area (Å²) < 4.78 is 5.49. The zero-order chi connectivity index (χ0) is 31.2. The van der Waals surface area contributed by atoms with E-state index in [0.29, 0.717) is 11.3 Å². The third-order valence-corrected chi connectivity index (χ3v) is 6.83. The first kappa shape index (κ1) is 32.2. The fourth-order valence-corrected chi connectivity index (χ4v) is 4.84. The first-order valence-corrected chi connectivity index (χ1v) is 14.2. The third-order valence-electron chi connectivity index (χ3n) is 6.83. The number of para-hydroxylation sites is 1. The maximum absolute atomic E-state index is 14.5. The van der Waals surface area contributed by atoms with Crippen LogP contribution in [-0.4, -0.2) is 45.6 Å². The molecule has 42 heavy (non-hydrogen) atoms. The maximum atomic E-state index is 14.5. The summed E-state index contributed by atoms with van der Waals surface area (Å²) in [4.78, 5) is 43.1. The summed E-state index contributed by atoms with van der Waals surface area (Å²) >= 11 is 0. The number of phenols is 1. The molecule has 0 heterocycles. The van der Waals surface area contributed by atoms with Gasteiger partial charge < -0.3 is 25.4 Å². The van der Waals surface area contributed by atoms with E-state index < -0.39 is 35.7 Å². The number of benzene rings is 3. The lowest BCUT2D eigenvalue weighted by Crippen LogP contribution is -2.55. The SMILES string of the molecule is Cc1ccc(C(C(=O)Nc2ccccc2C)N(C(=O)C(Cc2ccc(O)cc2)NC(=O)OC(C)(C)C)C(C)C)c(C)c1. The molecule has 0 radical (unpaired) electrons. The summed E-state index contributed by atoms with van der Waals surface area (Å²) in [5.41, 5.74) is 4.09. The first-order valence-electron chi connectivity index (χ1n) is 14.2. The summed E-state index contributed by atoms with van der Waals surface area (Å²) in [7, 11) is 0. The van der Waals surface area contributed by atoms with Crippen LogP contribution < -0.4 is 10.6 Å². The van der Waals surface area contributed by atoms with Crippen LogP contribution in [0.2, 0.25) is 0 Å². The molecule has 3 N–H and O–H groups in total. The number of ether oxygens (including phenoxy) is 1. The largest absolute Gasteiger partial charge is 0.508 e. The van der Waals surface area contributed by atoms with Gasteiger partial charge in [-0.25, -0.2) is 4.79 Å². The van der Waals surface area contributed by atoms with E-state index >= 15 is 0 Å². The van der Waals surface area contributed by atoms with Gasteiger partial charge in [-0.3, -0.25) is 9.59 Å². The van der Waals surface area contributed by atoms with Crippen molar-refractivity contribution in [1.82, 2.24) is 10.2 Å². The Bertz CT molecular complexity index is 1410. The van der Waals surface area contributed by atoms with Crippen LogP contribution in [0.25, 0.3) is 0 Å². The molecule has 224 valence electrons. The van der Waals surface area contributed by atoms with E-state index in [4.69, 9.17) is 4.74 Å². The second-order valence-electron chi connectivity index (χ2n) is 12.0. The molecule has 0 aliphatic rings. The summed E-state index contributed by atoms with van der Waals surface area (Å²) in [6, 6.07) is 17.3. The standard InChI is InChI=1S/C34H43N3O5/c1-21(2)37(32(40)29(36-33(41)42-34(6,7)8)20-25-14-16-26(38)17-15-25)30(27-18-13-22(3)19-24(27)5)31(39)35-28-12-10-9-11-23(28)4/h9-19,21,29-30,38H,20H2,1-8H3,(H,35,39)(H,36,41). The van der Waals surface area contributed by atoms with Crippen molar-refractivity contribution >= 4 is 23.6 Å². The number of hydrogen-bond donors (Lipinski definition) is 3. The smallest absolute Gasteiger partial charge is 0.408 e. The topological polar surface area (TPSA) is 108 Å². The van der Waals surface area contributed by atoms with Crippen molar-refractivity contribution < 1.29 is 24.2 Å². The molecule has 3 amide bonds. The number of nitrogens with one attached hydrogen (secondary N) is 2. The predicted molar refractivity (Wildman–Crippen MR) is 165 cm³/mol. The highest BCUT2D eigenvalue weighted by Gasteiger charge is 2.38. The molecule has 8 heteroatoms. The molecule has 2 atom stereocenters. The van der Waals surface area contributed by atoms with E-state index in [9.17, 15) is 19.5 Å². The number of alkyl carbamates (subject to hydrolysis) is 1. The van der Waals surface area contributed by atoms with E-state index in [-0.39, 0.29) is 18.1 Å². The highest BCUT2D eigenvalue weighted by Crippen LogP contribution is 2.30. The van der Waals surface area contributed by atoms with Crippen LogP contribution in [0.15, 0.2) is 66.7 Å². The monoisotopic (exact) mass is 573 g/mol.